The summed E-state index contributed by atoms with van der Waals surface area (Å²) in [5.74, 6) is 0.636. The molecule has 2 heterocycles. The van der Waals surface area contributed by atoms with Gasteiger partial charge in [-0.2, -0.15) is 0 Å². The largest absolute Gasteiger partial charge is 0.368 e. The second-order valence-corrected chi connectivity index (χ2v) is 7.74. The predicted molar refractivity (Wildman–Crippen MR) is 113 cm³/mol. The first-order valence-electron chi connectivity index (χ1n) is 9.57. The van der Waals surface area contributed by atoms with Crippen LogP contribution in [0.2, 0.25) is 0 Å². The van der Waals surface area contributed by atoms with Crippen molar-refractivity contribution in [3.8, 4) is 0 Å². The van der Waals surface area contributed by atoms with Gasteiger partial charge in [0.25, 0.3) is 5.91 Å². The first-order chi connectivity index (χ1) is 13.7. The average Bonchev–Trinajstić information content (AvgIpc) is 3.40. The van der Waals surface area contributed by atoms with Crippen molar-refractivity contribution in [2.45, 2.75) is 45.4 Å². The topological polar surface area (TPSA) is 87.6 Å². The number of rotatable bonds is 7. The Labute approximate surface area is 169 Å². The number of amides is 1. The fraction of sp³-hybridized carbons (Fsp3) is 0.450. The van der Waals surface area contributed by atoms with Crippen LogP contribution >= 0.6 is 11.3 Å². The van der Waals surface area contributed by atoms with Crippen LogP contribution in [0.25, 0.3) is 0 Å². The van der Waals surface area contributed by atoms with Gasteiger partial charge in [-0.15, -0.1) is 11.3 Å². The minimum absolute atomic E-state index is 0.0741. The zero-order valence-corrected chi connectivity index (χ0v) is 17.1. The zero-order chi connectivity index (χ0) is 19.8. The number of guanidine groups is 1. The van der Waals surface area contributed by atoms with E-state index in [1.165, 1.54) is 4.88 Å². The van der Waals surface area contributed by atoms with Gasteiger partial charge in [0, 0.05) is 37.0 Å². The van der Waals surface area contributed by atoms with E-state index in [1.54, 1.807) is 18.4 Å². The van der Waals surface area contributed by atoms with Gasteiger partial charge < -0.3 is 20.7 Å². The maximum Gasteiger partial charge on any atom is 0.253 e. The van der Waals surface area contributed by atoms with Gasteiger partial charge in [-0.1, -0.05) is 19.1 Å². The number of hydrogen-bond donors (Lipinski definition) is 3. The van der Waals surface area contributed by atoms with Crippen LogP contribution in [0.5, 0.6) is 0 Å². The standard InChI is InChI=1S/C20H27N5O2S/c1-3-16-12-22-18(28-16)13-24-20(21-2)23-11-14-6-4-7-15(10-14)25-19(26)17-8-5-9-27-17/h4,6-7,10,12,17H,3,5,8-9,11,13H2,1-2H3,(H,25,26)(H2,21,23,24). The van der Waals surface area contributed by atoms with Crippen LogP contribution in [0.1, 0.15) is 35.2 Å². The van der Waals surface area contributed by atoms with Gasteiger partial charge >= 0.3 is 0 Å². The highest BCUT2D eigenvalue weighted by Crippen LogP contribution is 2.16. The van der Waals surface area contributed by atoms with E-state index in [4.69, 9.17) is 4.74 Å². The number of thiazole rings is 1. The first kappa shape index (κ1) is 20.3. The van der Waals surface area contributed by atoms with Crippen LogP contribution in [0.4, 0.5) is 5.69 Å². The third kappa shape index (κ3) is 5.77. The Morgan fingerprint density at radius 2 is 2.21 bits per heavy atom. The lowest BCUT2D eigenvalue weighted by Crippen LogP contribution is -2.36. The Morgan fingerprint density at radius 1 is 1.36 bits per heavy atom. The van der Waals surface area contributed by atoms with E-state index in [-0.39, 0.29) is 12.0 Å². The number of aryl methyl sites for hydroxylation is 1. The predicted octanol–water partition coefficient (Wildman–Crippen LogP) is 2.69. The highest BCUT2D eigenvalue weighted by Gasteiger charge is 2.23. The second-order valence-electron chi connectivity index (χ2n) is 6.54. The van der Waals surface area contributed by atoms with E-state index < -0.39 is 0 Å². The van der Waals surface area contributed by atoms with Crippen molar-refractivity contribution in [1.29, 1.82) is 0 Å². The van der Waals surface area contributed by atoms with Crippen LogP contribution in [0, 0.1) is 0 Å². The average molecular weight is 402 g/mol. The molecule has 150 valence electrons. The minimum Gasteiger partial charge on any atom is -0.368 e. The number of nitrogens with zero attached hydrogens (tertiary/aromatic N) is 2. The minimum atomic E-state index is -0.330. The van der Waals surface area contributed by atoms with Crippen molar-refractivity contribution in [2.75, 3.05) is 19.0 Å². The summed E-state index contributed by atoms with van der Waals surface area (Å²) in [4.78, 5) is 22.1. The van der Waals surface area contributed by atoms with Gasteiger partial charge in [0.05, 0.1) is 6.54 Å². The molecular formula is C20H27N5O2S. The van der Waals surface area contributed by atoms with Crippen LogP contribution in [-0.2, 0) is 29.0 Å². The molecule has 0 aliphatic carbocycles. The smallest absolute Gasteiger partial charge is 0.253 e. The molecule has 1 unspecified atom stereocenters. The second kappa shape index (κ2) is 10.2. The zero-order valence-electron chi connectivity index (χ0n) is 16.3. The van der Waals surface area contributed by atoms with Crippen molar-refractivity contribution in [3.05, 3.63) is 45.9 Å². The van der Waals surface area contributed by atoms with Gasteiger partial charge in [-0.25, -0.2) is 4.98 Å². The summed E-state index contributed by atoms with van der Waals surface area (Å²) < 4.78 is 5.43. The number of anilines is 1. The third-order valence-corrected chi connectivity index (χ3v) is 5.60. The van der Waals surface area contributed by atoms with Gasteiger partial charge in [0.2, 0.25) is 0 Å². The third-order valence-electron chi connectivity index (χ3n) is 4.46. The first-order valence-corrected chi connectivity index (χ1v) is 10.4. The fourth-order valence-electron chi connectivity index (χ4n) is 2.93. The lowest BCUT2D eigenvalue weighted by Gasteiger charge is -2.13. The molecule has 2 aromatic rings. The maximum absolute atomic E-state index is 12.2. The summed E-state index contributed by atoms with van der Waals surface area (Å²) in [6, 6.07) is 7.79. The van der Waals surface area contributed by atoms with Crippen molar-refractivity contribution in [2.24, 2.45) is 4.99 Å². The van der Waals surface area contributed by atoms with Gasteiger partial charge in [0.15, 0.2) is 5.96 Å². The molecule has 1 aliphatic rings. The lowest BCUT2D eigenvalue weighted by atomic mass is 10.2. The van der Waals surface area contributed by atoms with E-state index in [9.17, 15) is 4.79 Å². The number of hydrogen-bond acceptors (Lipinski definition) is 5. The Bertz CT molecular complexity index is 814. The Hall–Kier alpha value is -2.45. The van der Waals surface area contributed by atoms with E-state index in [0.29, 0.717) is 25.7 Å². The molecule has 7 nitrogen and oxygen atoms in total. The molecule has 3 N–H and O–H groups in total. The molecule has 0 radical (unpaired) electrons. The molecule has 0 saturated carbocycles. The van der Waals surface area contributed by atoms with Crippen molar-refractivity contribution in [1.82, 2.24) is 15.6 Å². The van der Waals surface area contributed by atoms with Crippen molar-refractivity contribution in [3.63, 3.8) is 0 Å². The van der Waals surface area contributed by atoms with Gasteiger partial charge in [-0.05, 0) is 37.0 Å². The highest BCUT2D eigenvalue weighted by atomic mass is 32.1. The quantitative estimate of drug-likeness (QED) is 0.490. The Balaban J connectivity index is 1.49. The van der Waals surface area contributed by atoms with Gasteiger partial charge in [-0.3, -0.25) is 9.79 Å². The van der Waals surface area contributed by atoms with Crippen molar-refractivity contribution < 1.29 is 9.53 Å². The monoisotopic (exact) mass is 401 g/mol. The Kier molecular flexibility index (Phi) is 7.39. The molecule has 1 atom stereocenters. The number of carbonyl (C=O) groups is 1. The van der Waals surface area contributed by atoms with E-state index in [0.717, 1.165) is 35.5 Å². The number of aliphatic imine (C=N–C) groups is 1. The maximum atomic E-state index is 12.2. The van der Waals surface area contributed by atoms with E-state index >= 15 is 0 Å². The molecular weight excluding hydrogens is 374 g/mol. The lowest BCUT2D eigenvalue weighted by molar-refractivity contribution is -0.124. The molecule has 1 aromatic heterocycles. The number of nitrogens with one attached hydrogen (secondary N) is 3. The number of benzene rings is 1. The van der Waals surface area contributed by atoms with Gasteiger partial charge in [0.1, 0.15) is 11.1 Å². The van der Waals surface area contributed by atoms with E-state index in [1.807, 2.05) is 30.5 Å². The van der Waals surface area contributed by atoms with Crippen LogP contribution in [0.15, 0.2) is 35.5 Å². The molecule has 0 bridgehead atoms. The molecule has 1 aromatic carbocycles. The summed E-state index contributed by atoms with van der Waals surface area (Å²) in [5.41, 5.74) is 1.83. The van der Waals surface area contributed by atoms with Crippen LogP contribution in [-0.4, -0.2) is 36.6 Å². The number of ether oxygens (including phenoxy) is 1. The summed E-state index contributed by atoms with van der Waals surface area (Å²) in [6.45, 7) is 4.03. The normalized spacial score (nSPS) is 16.8. The highest BCUT2D eigenvalue weighted by molar-refractivity contribution is 7.11. The van der Waals surface area contributed by atoms with Crippen molar-refractivity contribution >= 4 is 28.9 Å². The molecule has 8 heteroatoms. The molecule has 1 aliphatic heterocycles. The Morgan fingerprint density at radius 3 is 2.93 bits per heavy atom. The molecule has 3 rings (SSSR count). The summed E-state index contributed by atoms with van der Waals surface area (Å²) >= 11 is 1.71. The molecule has 1 amide bonds. The summed E-state index contributed by atoms with van der Waals surface area (Å²) in [5, 5.41) is 10.5. The molecule has 28 heavy (non-hydrogen) atoms. The number of carbonyl (C=O) groups excluding carboxylic acids is 1. The summed E-state index contributed by atoms with van der Waals surface area (Å²) in [7, 11) is 1.74. The van der Waals surface area contributed by atoms with E-state index in [2.05, 4.69) is 32.9 Å². The number of aromatic nitrogens is 1. The molecule has 1 saturated heterocycles. The van der Waals surface area contributed by atoms with Crippen LogP contribution in [0.3, 0.4) is 0 Å². The molecule has 1 fully saturated rings. The SMILES string of the molecule is CCc1cnc(CNC(=NC)NCc2cccc(NC(=O)C3CCCO3)c2)s1. The molecule has 0 spiro atoms. The fourth-order valence-corrected chi connectivity index (χ4v) is 3.73. The van der Waals surface area contributed by atoms with Crippen LogP contribution < -0.4 is 16.0 Å². The summed E-state index contributed by atoms with van der Waals surface area (Å²) in [6.07, 6.45) is 4.32.